The molecule has 3 rings (SSSR count). The monoisotopic (exact) mass is 292 g/mol. The van der Waals surface area contributed by atoms with Gasteiger partial charge in [0.15, 0.2) is 6.29 Å². The summed E-state index contributed by atoms with van der Waals surface area (Å²) in [4.78, 5) is 37.1. The zero-order valence-corrected chi connectivity index (χ0v) is 12.5. The van der Waals surface area contributed by atoms with Crippen molar-refractivity contribution in [2.75, 3.05) is 0 Å². The van der Waals surface area contributed by atoms with E-state index in [4.69, 9.17) is 0 Å². The zero-order valence-electron chi connectivity index (χ0n) is 11.7. The summed E-state index contributed by atoms with van der Waals surface area (Å²) < 4.78 is 2.80. The number of thiophene rings is 1. The Balaban J connectivity index is 2.37. The van der Waals surface area contributed by atoms with Crippen molar-refractivity contribution in [1.29, 1.82) is 0 Å². The molecule has 0 atom stereocenters. The minimum absolute atomic E-state index is 0.0705. The van der Waals surface area contributed by atoms with Gasteiger partial charge in [-0.1, -0.05) is 6.92 Å². The molecule has 0 amide bonds. The number of aromatic nitrogens is 2. The predicted molar refractivity (Wildman–Crippen MR) is 78.8 cm³/mol. The van der Waals surface area contributed by atoms with Crippen LogP contribution in [-0.4, -0.2) is 15.4 Å². The molecule has 1 fully saturated rings. The molecule has 106 valence electrons. The maximum absolute atomic E-state index is 12.6. The summed E-state index contributed by atoms with van der Waals surface area (Å²) in [6.45, 7) is 4.30. The molecule has 1 aliphatic rings. The third kappa shape index (κ3) is 1.78. The van der Waals surface area contributed by atoms with Crippen molar-refractivity contribution in [3.63, 3.8) is 0 Å². The number of hydrogen-bond acceptors (Lipinski definition) is 4. The first-order valence-electron chi connectivity index (χ1n) is 6.56. The number of fused-ring (bicyclic) bond motifs is 1. The topological polar surface area (TPSA) is 61.1 Å². The lowest BCUT2D eigenvalue weighted by Gasteiger charge is -2.12. The number of carbonyl (C=O) groups is 1. The highest BCUT2D eigenvalue weighted by molar-refractivity contribution is 7.20. The molecule has 0 spiro atoms. The highest BCUT2D eigenvalue weighted by atomic mass is 32.1. The van der Waals surface area contributed by atoms with E-state index in [0.29, 0.717) is 27.2 Å². The Bertz CT molecular complexity index is 837. The van der Waals surface area contributed by atoms with Crippen molar-refractivity contribution in [2.45, 2.75) is 33.2 Å². The molecule has 2 aromatic heterocycles. The van der Waals surface area contributed by atoms with Crippen LogP contribution >= 0.6 is 11.3 Å². The van der Waals surface area contributed by atoms with Gasteiger partial charge in [0.2, 0.25) is 0 Å². The maximum atomic E-state index is 12.6. The number of rotatable bonds is 3. The van der Waals surface area contributed by atoms with Crippen molar-refractivity contribution >= 4 is 27.8 Å². The average molecular weight is 292 g/mol. The van der Waals surface area contributed by atoms with Gasteiger partial charge >= 0.3 is 5.69 Å². The van der Waals surface area contributed by atoms with Crippen molar-refractivity contribution in [1.82, 2.24) is 9.13 Å². The van der Waals surface area contributed by atoms with Crippen molar-refractivity contribution in [3.8, 4) is 0 Å². The molecule has 5 nitrogen and oxygen atoms in total. The molecule has 0 bridgehead atoms. The van der Waals surface area contributed by atoms with Crippen LogP contribution in [0.1, 0.15) is 35.0 Å². The Morgan fingerprint density at radius 3 is 2.55 bits per heavy atom. The molecule has 0 unspecified atom stereocenters. The number of carbonyl (C=O) groups excluding carboxylic acids is 1. The fourth-order valence-electron chi connectivity index (χ4n) is 2.50. The zero-order chi connectivity index (χ0) is 14.7. The second-order valence-electron chi connectivity index (χ2n) is 5.93. The van der Waals surface area contributed by atoms with Crippen molar-refractivity contribution in [3.05, 3.63) is 31.3 Å². The van der Waals surface area contributed by atoms with E-state index in [1.54, 1.807) is 14.0 Å². The third-order valence-electron chi connectivity index (χ3n) is 4.20. The van der Waals surface area contributed by atoms with E-state index in [-0.39, 0.29) is 16.7 Å². The van der Waals surface area contributed by atoms with E-state index >= 15 is 0 Å². The second kappa shape index (κ2) is 4.15. The summed E-state index contributed by atoms with van der Waals surface area (Å²) in [7, 11) is 1.65. The molecule has 6 heteroatoms. The standard InChI is InChI=1S/C14H16N2O3S/c1-8-9(6-17)20-12-10(8)11(18)16(13(19)15(12)3)7-14(2)4-5-14/h6H,4-5,7H2,1-3H3. The summed E-state index contributed by atoms with van der Waals surface area (Å²) in [5, 5.41) is 0.503. The minimum Gasteiger partial charge on any atom is -0.297 e. The molecule has 20 heavy (non-hydrogen) atoms. The second-order valence-corrected chi connectivity index (χ2v) is 6.96. The molecule has 0 saturated heterocycles. The lowest BCUT2D eigenvalue weighted by molar-refractivity contribution is 0.112. The van der Waals surface area contributed by atoms with Crippen LogP contribution in [0.15, 0.2) is 9.59 Å². The van der Waals surface area contributed by atoms with E-state index in [0.717, 1.165) is 19.1 Å². The summed E-state index contributed by atoms with van der Waals surface area (Å²) in [6, 6.07) is 0. The van der Waals surface area contributed by atoms with E-state index in [1.807, 2.05) is 0 Å². The molecule has 1 saturated carbocycles. The molecule has 2 aromatic rings. The largest absolute Gasteiger partial charge is 0.331 e. The summed E-state index contributed by atoms with van der Waals surface area (Å²) in [5.41, 5.74) is 0.184. The number of aldehydes is 1. The van der Waals surface area contributed by atoms with Crippen LogP contribution in [0.2, 0.25) is 0 Å². The van der Waals surface area contributed by atoms with Gasteiger partial charge < -0.3 is 0 Å². The Morgan fingerprint density at radius 1 is 1.35 bits per heavy atom. The number of hydrogen-bond donors (Lipinski definition) is 0. The Labute approximate surface area is 119 Å². The highest BCUT2D eigenvalue weighted by Gasteiger charge is 2.38. The van der Waals surface area contributed by atoms with Gasteiger partial charge in [0.1, 0.15) is 4.83 Å². The van der Waals surface area contributed by atoms with Crippen LogP contribution in [0, 0.1) is 12.3 Å². The minimum atomic E-state index is -0.297. The van der Waals surface area contributed by atoms with Gasteiger partial charge in [-0.2, -0.15) is 0 Å². The molecule has 2 heterocycles. The summed E-state index contributed by atoms with van der Waals surface area (Å²) in [6.07, 6.45) is 2.84. The smallest absolute Gasteiger partial charge is 0.297 e. The Kier molecular flexibility index (Phi) is 2.76. The lowest BCUT2D eigenvalue weighted by Crippen LogP contribution is -2.40. The van der Waals surface area contributed by atoms with Crippen LogP contribution in [-0.2, 0) is 13.6 Å². The van der Waals surface area contributed by atoms with Crippen LogP contribution in [0.3, 0.4) is 0 Å². The number of aryl methyl sites for hydroxylation is 2. The number of nitrogens with zero attached hydrogens (tertiary/aromatic N) is 2. The van der Waals surface area contributed by atoms with Crippen LogP contribution < -0.4 is 11.2 Å². The first-order chi connectivity index (χ1) is 9.38. The van der Waals surface area contributed by atoms with Crippen LogP contribution in [0.25, 0.3) is 10.2 Å². The SMILES string of the molecule is Cc1c(C=O)sc2c1c(=O)n(CC1(C)CC1)c(=O)n2C. The van der Waals surface area contributed by atoms with Gasteiger partial charge in [-0.25, -0.2) is 4.79 Å². The molecule has 0 aliphatic heterocycles. The van der Waals surface area contributed by atoms with Gasteiger partial charge in [0.25, 0.3) is 5.56 Å². The van der Waals surface area contributed by atoms with E-state index < -0.39 is 0 Å². The van der Waals surface area contributed by atoms with Gasteiger partial charge in [0.05, 0.1) is 10.3 Å². The first kappa shape index (κ1) is 13.3. The van der Waals surface area contributed by atoms with Gasteiger partial charge in [-0.15, -0.1) is 11.3 Å². The Morgan fingerprint density at radius 2 is 2.00 bits per heavy atom. The predicted octanol–water partition coefficient (Wildman–Crippen LogP) is 1.68. The van der Waals surface area contributed by atoms with Gasteiger partial charge in [-0.05, 0) is 30.7 Å². The quantitative estimate of drug-likeness (QED) is 0.809. The molecular weight excluding hydrogens is 276 g/mol. The summed E-state index contributed by atoms with van der Waals surface area (Å²) in [5.74, 6) is 0. The molecule has 0 radical (unpaired) electrons. The van der Waals surface area contributed by atoms with E-state index in [2.05, 4.69) is 6.92 Å². The lowest BCUT2D eigenvalue weighted by atomic mass is 10.1. The first-order valence-corrected chi connectivity index (χ1v) is 7.38. The molecule has 0 N–H and O–H groups in total. The third-order valence-corrected chi connectivity index (χ3v) is 5.49. The summed E-state index contributed by atoms with van der Waals surface area (Å²) >= 11 is 1.20. The van der Waals surface area contributed by atoms with E-state index in [9.17, 15) is 14.4 Å². The fraction of sp³-hybridized carbons (Fsp3) is 0.500. The van der Waals surface area contributed by atoms with Gasteiger partial charge in [-0.3, -0.25) is 18.7 Å². The van der Waals surface area contributed by atoms with Gasteiger partial charge in [0, 0.05) is 13.6 Å². The Hall–Kier alpha value is -1.69. The maximum Gasteiger partial charge on any atom is 0.331 e. The van der Waals surface area contributed by atoms with Crippen LogP contribution in [0.5, 0.6) is 0 Å². The fourth-order valence-corrected chi connectivity index (χ4v) is 3.57. The van der Waals surface area contributed by atoms with Crippen molar-refractivity contribution in [2.24, 2.45) is 12.5 Å². The molecular formula is C14H16N2O3S. The highest BCUT2D eigenvalue weighted by Crippen LogP contribution is 2.45. The average Bonchev–Trinajstić information content (AvgIpc) is 3.04. The van der Waals surface area contributed by atoms with Crippen molar-refractivity contribution < 1.29 is 4.79 Å². The normalized spacial score (nSPS) is 16.6. The molecule has 1 aliphatic carbocycles. The van der Waals surface area contributed by atoms with Crippen LogP contribution in [0.4, 0.5) is 0 Å². The molecule has 0 aromatic carbocycles. The van der Waals surface area contributed by atoms with E-state index in [1.165, 1.54) is 20.5 Å².